The summed E-state index contributed by atoms with van der Waals surface area (Å²) in [6, 6.07) is 0. The molecule has 4 fully saturated rings. The molecule has 0 saturated carbocycles. The third kappa shape index (κ3) is 8.63. The molecular weight excluding hydrogens is 703 g/mol. The Morgan fingerprint density at radius 1 is 0.907 bits per heavy atom. The quantitative estimate of drug-likeness (QED) is 0.196. The third-order valence-electron chi connectivity index (χ3n) is 14.4. The second kappa shape index (κ2) is 17.8. The molecule has 4 saturated heterocycles. The summed E-state index contributed by atoms with van der Waals surface area (Å²) >= 11 is 0. The van der Waals surface area contributed by atoms with Crippen molar-refractivity contribution < 1.29 is 83.3 Å². The second-order valence-corrected chi connectivity index (χ2v) is 17.9. The molecule has 2 spiro atoms. The number of ketones is 1. The fourth-order valence-electron chi connectivity index (χ4n) is 10.5. The number of hydrogen-bond acceptors (Lipinski definition) is 11. The molecule has 0 radical (unpaired) electrons. The van der Waals surface area contributed by atoms with E-state index in [-0.39, 0.29) is 65.3 Å². The van der Waals surface area contributed by atoms with Crippen LogP contribution in [-0.2, 0) is 33.3 Å². The monoisotopic (exact) mass is 772 g/mol. The molecule has 5 heterocycles. The Hall–Kier alpha value is -0.440. The Balaban J connectivity index is 0.00000650. The topological polar surface area (TPSA) is 164 Å². The zero-order chi connectivity index (χ0) is 39.3. The molecule has 0 bridgehead atoms. The largest absolute Gasteiger partial charge is 1.00 e. The fraction of sp³-hybridized carbons (Fsp3) is 0.905. The van der Waals surface area contributed by atoms with Crippen molar-refractivity contribution in [2.45, 2.75) is 199 Å². The number of carbonyl (C=O) groups excluding carboxylic acids is 2. The molecular formula is C42H69NaO11. The van der Waals surface area contributed by atoms with Crippen molar-refractivity contribution in [1.29, 1.82) is 0 Å². The number of aliphatic carboxylic acids is 1. The van der Waals surface area contributed by atoms with E-state index in [9.17, 15) is 30.0 Å². The minimum atomic E-state index is -1.37. The molecule has 0 aromatic heterocycles. The van der Waals surface area contributed by atoms with E-state index in [4.69, 9.17) is 23.7 Å². The molecule has 5 aliphatic heterocycles. The van der Waals surface area contributed by atoms with Crippen molar-refractivity contribution in [3.63, 3.8) is 0 Å². The molecule has 0 amide bonds. The van der Waals surface area contributed by atoms with E-state index in [1.807, 2.05) is 41.5 Å². The van der Waals surface area contributed by atoms with E-state index in [2.05, 4.69) is 20.8 Å². The van der Waals surface area contributed by atoms with Crippen LogP contribution >= 0.6 is 0 Å². The first-order chi connectivity index (χ1) is 24.8. The van der Waals surface area contributed by atoms with E-state index in [1.165, 1.54) is 0 Å². The van der Waals surface area contributed by atoms with Gasteiger partial charge in [-0.25, -0.2) is 0 Å². The minimum absolute atomic E-state index is 0. The van der Waals surface area contributed by atoms with Gasteiger partial charge in [-0.3, -0.25) is 4.79 Å². The van der Waals surface area contributed by atoms with Crippen LogP contribution in [0.25, 0.3) is 0 Å². The molecule has 18 atom stereocenters. The third-order valence-corrected chi connectivity index (χ3v) is 14.4. The van der Waals surface area contributed by atoms with E-state index < -0.39 is 82.9 Å². The van der Waals surface area contributed by atoms with Gasteiger partial charge in [-0.05, 0) is 95.6 Å². The number of rotatable bonds is 12. The van der Waals surface area contributed by atoms with Crippen LogP contribution in [0.4, 0.5) is 0 Å². The summed E-state index contributed by atoms with van der Waals surface area (Å²) in [5, 5.41) is 46.0. The number of carboxylic acid groups (broad SMARTS) is 1. The molecule has 11 nitrogen and oxygen atoms in total. The Morgan fingerprint density at radius 2 is 1.57 bits per heavy atom. The predicted octanol–water partition coefficient (Wildman–Crippen LogP) is 1.86. The maximum absolute atomic E-state index is 14.4. The maximum atomic E-state index is 14.4. The van der Waals surface area contributed by atoms with Crippen LogP contribution in [0.5, 0.6) is 0 Å². The van der Waals surface area contributed by atoms with Gasteiger partial charge in [0.25, 0.3) is 0 Å². The van der Waals surface area contributed by atoms with Crippen LogP contribution < -0.4 is 34.7 Å². The number of Topliss-reactive ketones (excluding diaryl/α,β-unsaturated/α-hetero) is 1. The molecule has 12 heteroatoms. The van der Waals surface area contributed by atoms with E-state index in [0.29, 0.717) is 57.8 Å². The molecule has 5 rings (SSSR count). The van der Waals surface area contributed by atoms with Crippen LogP contribution in [0.1, 0.15) is 133 Å². The molecule has 0 aliphatic carbocycles. The molecule has 0 aromatic rings. The molecule has 54 heavy (non-hydrogen) atoms. The average molecular weight is 773 g/mol. The van der Waals surface area contributed by atoms with Crippen LogP contribution in [-0.4, -0.2) is 92.6 Å². The van der Waals surface area contributed by atoms with E-state index in [0.717, 1.165) is 6.42 Å². The van der Waals surface area contributed by atoms with E-state index >= 15 is 0 Å². The summed E-state index contributed by atoms with van der Waals surface area (Å²) in [7, 11) is 0. The molecule has 5 aliphatic rings. The van der Waals surface area contributed by atoms with Crippen molar-refractivity contribution in [2.75, 3.05) is 0 Å². The Bertz CT molecular complexity index is 1330. The standard InChI is InChI=1S/C42H70O11.Na/c1-11-29(38(46)47)31-15-14-23(4)36(50-31)27(8)34(44)26(7)35(45)30(12-2)37-24(5)22-25(6)41(51-37)19-16-32(43)42(53-41)21-20-39(10,52-42)33-17-18-40(48,13-3)28(9)49-33;/h16,19,23-34,36-37,43-44,48H,11-15,17-18,20-22H2,1-10H3,(H,46,47);/q;+1/p-1/t23-,24-,25+,26-,27-,28-,29+,30-,31+,32+,33+,34+,36+,37-,39-,40+,41+,42-;/m0./s1. The number of ether oxygens (including phenoxy) is 5. The van der Waals surface area contributed by atoms with Crippen molar-refractivity contribution in [3.8, 4) is 0 Å². The first-order valence-electron chi connectivity index (χ1n) is 20.7. The van der Waals surface area contributed by atoms with Crippen LogP contribution in [0, 0.1) is 41.4 Å². The van der Waals surface area contributed by atoms with Gasteiger partial charge >= 0.3 is 29.6 Å². The SMILES string of the molecule is CC[C@@H](C(=O)[C@@H](C)[C@@H](O)[C@H](C)[C@@H]1O[C@@H]([C@@H](CC)C(=O)[O-])CC[C@@H]1C)[C@H]1O[C@@]2(C=C[C@@H](O)[C@]3(CC[C@@](C)([C@H]4CC[C@](O)(CC)[C@H](C)O4)O3)O2)[C@H](C)C[C@@H]1C.[Na+]. The van der Waals surface area contributed by atoms with Crippen molar-refractivity contribution in [3.05, 3.63) is 12.2 Å². The zero-order valence-electron chi connectivity index (χ0n) is 34.9. The smallest absolute Gasteiger partial charge is 0.550 e. The van der Waals surface area contributed by atoms with Gasteiger partial charge in [0.1, 0.15) is 11.9 Å². The van der Waals surface area contributed by atoms with Crippen molar-refractivity contribution in [2.24, 2.45) is 41.4 Å². The number of aliphatic hydroxyl groups is 3. The number of carboxylic acids is 1. The predicted molar refractivity (Wildman–Crippen MR) is 196 cm³/mol. The molecule has 0 aromatic carbocycles. The summed E-state index contributed by atoms with van der Waals surface area (Å²) in [4.78, 5) is 26.2. The van der Waals surface area contributed by atoms with Gasteiger partial charge in [0, 0.05) is 42.0 Å². The summed E-state index contributed by atoms with van der Waals surface area (Å²) in [6.07, 6.45) is 5.22. The number of carbonyl (C=O) groups is 2. The summed E-state index contributed by atoms with van der Waals surface area (Å²) in [5.74, 6) is -6.24. The van der Waals surface area contributed by atoms with Gasteiger partial charge in [-0.1, -0.05) is 55.4 Å². The Labute approximate surface area is 345 Å². The normalized spacial score (nSPS) is 45.3. The second-order valence-electron chi connectivity index (χ2n) is 17.9. The van der Waals surface area contributed by atoms with Gasteiger partial charge in [0.2, 0.25) is 5.79 Å². The van der Waals surface area contributed by atoms with Gasteiger partial charge in [0.05, 0.1) is 47.8 Å². The van der Waals surface area contributed by atoms with Crippen molar-refractivity contribution in [1.82, 2.24) is 0 Å². The minimum Gasteiger partial charge on any atom is -0.550 e. The number of aliphatic hydroxyl groups excluding tert-OH is 2. The van der Waals surface area contributed by atoms with Crippen molar-refractivity contribution >= 4 is 11.8 Å². The van der Waals surface area contributed by atoms with Gasteiger partial charge in [-0.15, -0.1) is 0 Å². The Kier molecular flexibility index (Phi) is 15.3. The molecule has 0 unspecified atom stereocenters. The first-order valence-corrected chi connectivity index (χ1v) is 20.7. The Morgan fingerprint density at radius 3 is 2.17 bits per heavy atom. The van der Waals surface area contributed by atoms with Crippen LogP contribution in [0.15, 0.2) is 12.2 Å². The average Bonchev–Trinajstić information content (AvgIpc) is 3.47. The van der Waals surface area contributed by atoms with Gasteiger partial charge < -0.3 is 48.9 Å². The molecule has 304 valence electrons. The summed E-state index contributed by atoms with van der Waals surface area (Å²) in [5.41, 5.74) is -1.64. The summed E-state index contributed by atoms with van der Waals surface area (Å²) < 4.78 is 33.4. The van der Waals surface area contributed by atoms with Gasteiger partial charge in [0.15, 0.2) is 5.79 Å². The maximum Gasteiger partial charge on any atom is 1.00 e. The summed E-state index contributed by atoms with van der Waals surface area (Å²) in [6.45, 7) is 19.5. The number of hydrogen-bond donors (Lipinski definition) is 3. The fourth-order valence-corrected chi connectivity index (χ4v) is 10.5. The van der Waals surface area contributed by atoms with E-state index in [1.54, 1.807) is 19.1 Å². The first kappa shape index (κ1) is 46.3. The zero-order valence-corrected chi connectivity index (χ0v) is 36.9. The van der Waals surface area contributed by atoms with Gasteiger partial charge in [-0.2, -0.15) is 0 Å². The molecule has 3 N–H and O–H groups in total. The van der Waals surface area contributed by atoms with Crippen LogP contribution in [0.3, 0.4) is 0 Å². The van der Waals surface area contributed by atoms with Crippen LogP contribution in [0.2, 0.25) is 0 Å².